The molecule has 90 valence electrons. The lowest BCUT2D eigenvalue weighted by Crippen LogP contribution is -2.11. The molecular weight excluding hydrogens is 343 g/mol. The zero-order chi connectivity index (χ0) is 13.2. The van der Waals surface area contributed by atoms with Gasteiger partial charge in [-0.25, -0.2) is 4.79 Å². The second kappa shape index (κ2) is 5.08. The second-order valence-corrected chi connectivity index (χ2v) is 4.26. The van der Waals surface area contributed by atoms with Crippen molar-refractivity contribution in [2.45, 2.75) is 6.92 Å². The van der Waals surface area contributed by atoms with E-state index in [4.69, 9.17) is 5.11 Å². The number of carbonyl (C=O) groups excluding carboxylic acids is 1. The topological polar surface area (TPSA) is 110 Å². The third-order valence-corrected chi connectivity index (χ3v) is 2.66. The number of carbonyl (C=O) groups is 2. The molecule has 7 nitrogen and oxygen atoms in total. The van der Waals surface area contributed by atoms with E-state index in [-0.39, 0.29) is 11.3 Å². The zero-order valence-corrected chi connectivity index (χ0v) is 10.7. The van der Waals surface area contributed by atoms with Crippen molar-refractivity contribution in [3.63, 3.8) is 0 Å². The Balaban J connectivity index is 3.43. The SMILES string of the molecule is CC(=O)Nc1c(I)cc(C(=O)O)cc1[N+](=O)[O-]. The van der Waals surface area contributed by atoms with Crippen LogP contribution in [0.5, 0.6) is 0 Å². The third-order valence-electron chi connectivity index (χ3n) is 1.81. The van der Waals surface area contributed by atoms with E-state index in [1.807, 2.05) is 0 Å². The average Bonchev–Trinajstić information content (AvgIpc) is 2.19. The molecule has 0 aliphatic carbocycles. The van der Waals surface area contributed by atoms with Crippen LogP contribution in [0, 0.1) is 13.7 Å². The van der Waals surface area contributed by atoms with Crippen LogP contribution in [0.25, 0.3) is 0 Å². The van der Waals surface area contributed by atoms with Crippen molar-refractivity contribution in [1.29, 1.82) is 0 Å². The van der Waals surface area contributed by atoms with E-state index in [1.165, 1.54) is 13.0 Å². The summed E-state index contributed by atoms with van der Waals surface area (Å²) in [7, 11) is 0. The lowest BCUT2D eigenvalue weighted by atomic mass is 10.1. The fourth-order valence-electron chi connectivity index (χ4n) is 1.16. The molecule has 8 heteroatoms. The first-order valence-electron chi connectivity index (χ1n) is 4.31. The van der Waals surface area contributed by atoms with E-state index in [9.17, 15) is 19.7 Å². The molecule has 0 unspecified atom stereocenters. The number of amides is 1. The number of rotatable bonds is 3. The standard InChI is InChI=1S/C9H7IN2O5/c1-4(13)11-8-6(10)2-5(9(14)15)3-7(8)12(16)17/h2-3H,1H3,(H,11,13)(H,14,15). The summed E-state index contributed by atoms with van der Waals surface area (Å²) in [6, 6.07) is 2.16. The minimum absolute atomic E-state index is 0.00750. The molecule has 0 radical (unpaired) electrons. The number of anilines is 1. The van der Waals surface area contributed by atoms with Gasteiger partial charge in [0.1, 0.15) is 5.69 Å². The van der Waals surface area contributed by atoms with E-state index in [1.54, 1.807) is 22.6 Å². The summed E-state index contributed by atoms with van der Waals surface area (Å²) in [5.41, 5.74) is -0.632. The normalized spacial score (nSPS) is 9.76. The molecule has 0 fully saturated rings. The first-order valence-corrected chi connectivity index (χ1v) is 5.39. The van der Waals surface area contributed by atoms with Gasteiger partial charge in [0, 0.05) is 16.6 Å². The smallest absolute Gasteiger partial charge is 0.335 e. The maximum absolute atomic E-state index is 10.9. The summed E-state index contributed by atoms with van der Waals surface area (Å²) < 4.78 is 0.296. The number of hydrogen-bond donors (Lipinski definition) is 2. The number of nitro benzene ring substituents is 1. The molecule has 0 spiro atoms. The number of halogens is 1. The minimum Gasteiger partial charge on any atom is -0.478 e. The van der Waals surface area contributed by atoms with Crippen LogP contribution in [-0.4, -0.2) is 21.9 Å². The molecule has 0 atom stereocenters. The fourth-order valence-corrected chi connectivity index (χ4v) is 1.91. The molecule has 1 aromatic carbocycles. The predicted molar refractivity (Wildman–Crippen MR) is 67.1 cm³/mol. The highest BCUT2D eigenvalue weighted by Gasteiger charge is 2.21. The summed E-state index contributed by atoms with van der Waals surface area (Å²) in [6.45, 7) is 1.21. The molecule has 0 aliphatic heterocycles. The van der Waals surface area contributed by atoms with E-state index < -0.39 is 22.5 Å². The van der Waals surface area contributed by atoms with Gasteiger partial charge in [0.15, 0.2) is 0 Å². The van der Waals surface area contributed by atoms with Crippen LogP contribution in [-0.2, 0) is 4.79 Å². The highest BCUT2D eigenvalue weighted by molar-refractivity contribution is 14.1. The van der Waals surface area contributed by atoms with Gasteiger partial charge in [0.05, 0.1) is 10.5 Å². The molecule has 0 bridgehead atoms. The first kappa shape index (κ1) is 13.4. The number of benzene rings is 1. The summed E-state index contributed by atoms with van der Waals surface area (Å²) in [6.07, 6.45) is 0. The number of nitrogens with zero attached hydrogens (tertiary/aromatic N) is 1. The van der Waals surface area contributed by atoms with Crippen LogP contribution in [0.15, 0.2) is 12.1 Å². The number of hydrogen-bond acceptors (Lipinski definition) is 4. The summed E-state index contributed by atoms with van der Waals surface area (Å²) >= 11 is 1.73. The molecule has 0 saturated carbocycles. The largest absolute Gasteiger partial charge is 0.478 e. The quantitative estimate of drug-likeness (QED) is 0.491. The Hall–Kier alpha value is -1.71. The Labute approximate surface area is 109 Å². The van der Waals surface area contributed by atoms with Crippen LogP contribution >= 0.6 is 22.6 Å². The van der Waals surface area contributed by atoms with E-state index >= 15 is 0 Å². The van der Waals surface area contributed by atoms with Crippen LogP contribution in [0.2, 0.25) is 0 Å². The Morgan fingerprint density at radius 3 is 2.47 bits per heavy atom. The number of nitro groups is 1. The number of carboxylic acids is 1. The highest BCUT2D eigenvalue weighted by Crippen LogP contribution is 2.31. The maximum Gasteiger partial charge on any atom is 0.335 e. The van der Waals surface area contributed by atoms with Crippen molar-refractivity contribution in [2.24, 2.45) is 0 Å². The van der Waals surface area contributed by atoms with E-state index in [2.05, 4.69) is 5.32 Å². The average molecular weight is 350 g/mol. The van der Waals surface area contributed by atoms with Gasteiger partial charge in [-0.1, -0.05) is 0 Å². The van der Waals surface area contributed by atoms with Crippen molar-refractivity contribution in [1.82, 2.24) is 0 Å². The Morgan fingerprint density at radius 2 is 2.06 bits per heavy atom. The van der Waals surface area contributed by atoms with Crippen LogP contribution in [0.4, 0.5) is 11.4 Å². The van der Waals surface area contributed by atoms with Crippen LogP contribution in [0.1, 0.15) is 17.3 Å². The van der Waals surface area contributed by atoms with Crippen molar-refractivity contribution in [2.75, 3.05) is 5.32 Å². The molecule has 0 aliphatic rings. The van der Waals surface area contributed by atoms with Crippen LogP contribution < -0.4 is 5.32 Å². The Morgan fingerprint density at radius 1 is 1.47 bits per heavy atom. The van der Waals surface area contributed by atoms with Gasteiger partial charge in [-0.05, 0) is 28.7 Å². The lowest BCUT2D eigenvalue weighted by molar-refractivity contribution is -0.384. The highest BCUT2D eigenvalue weighted by atomic mass is 127. The fraction of sp³-hybridized carbons (Fsp3) is 0.111. The molecule has 17 heavy (non-hydrogen) atoms. The Bertz CT molecular complexity index is 514. The lowest BCUT2D eigenvalue weighted by Gasteiger charge is -2.07. The van der Waals surface area contributed by atoms with Crippen molar-refractivity contribution < 1.29 is 19.6 Å². The molecule has 1 aromatic rings. The van der Waals surface area contributed by atoms with Gasteiger partial charge < -0.3 is 10.4 Å². The summed E-state index contributed by atoms with van der Waals surface area (Å²) in [4.78, 5) is 31.7. The summed E-state index contributed by atoms with van der Waals surface area (Å²) in [5, 5.41) is 21.9. The van der Waals surface area contributed by atoms with Gasteiger partial charge in [-0.15, -0.1) is 0 Å². The first-order chi connectivity index (χ1) is 7.82. The van der Waals surface area contributed by atoms with E-state index in [0.29, 0.717) is 3.57 Å². The van der Waals surface area contributed by atoms with Gasteiger partial charge in [0.25, 0.3) is 5.69 Å². The van der Waals surface area contributed by atoms with Gasteiger partial charge in [0.2, 0.25) is 5.91 Å². The Kier molecular flexibility index (Phi) is 3.99. The van der Waals surface area contributed by atoms with Crippen molar-refractivity contribution in [3.05, 3.63) is 31.4 Å². The predicted octanol–water partition coefficient (Wildman–Crippen LogP) is 1.86. The van der Waals surface area contributed by atoms with Gasteiger partial charge >= 0.3 is 5.97 Å². The van der Waals surface area contributed by atoms with Gasteiger partial charge in [-0.2, -0.15) is 0 Å². The number of carboxylic acid groups (broad SMARTS) is 1. The van der Waals surface area contributed by atoms with Gasteiger partial charge in [-0.3, -0.25) is 14.9 Å². The molecular formula is C9H7IN2O5. The third kappa shape index (κ3) is 3.12. The molecule has 1 rings (SSSR count). The molecule has 2 N–H and O–H groups in total. The summed E-state index contributed by atoms with van der Waals surface area (Å²) in [5.74, 6) is -1.73. The van der Waals surface area contributed by atoms with Crippen molar-refractivity contribution in [3.8, 4) is 0 Å². The monoisotopic (exact) mass is 350 g/mol. The molecule has 0 saturated heterocycles. The number of nitrogens with one attached hydrogen (secondary N) is 1. The second-order valence-electron chi connectivity index (χ2n) is 3.10. The zero-order valence-electron chi connectivity index (χ0n) is 8.56. The molecule has 1 amide bonds. The number of aromatic carboxylic acids is 1. The maximum atomic E-state index is 10.9. The molecule has 0 heterocycles. The van der Waals surface area contributed by atoms with E-state index in [0.717, 1.165) is 6.07 Å². The van der Waals surface area contributed by atoms with Crippen LogP contribution in [0.3, 0.4) is 0 Å². The molecule has 0 aromatic heterocycles. The van der Waals surface area contributed by atoms with Crippen molar-refractivity contribution >= 4 is 45.8 Å². The minimum atomic E-state index is -1.26.